The van der Waals surface area contributed by atoms with Crippen molar-refractivity contribution in [3.05, 3.63) is 54.5 Å². The van der Waals surface area contributed by atoms with Crippen molar-refractivity contribution in [1.82, 2.24) is 29.9 Å². The average Bonchev–Trinajstić information content (AvgIpc) is 3.33. The number of quaternary nitrogens is 1. The lowest BCUT2D eigenvalue weighted by molar-refractivity contribution is -0.890. The van der Waals surface area contributed by atoms with Crippen molar-refractivity contribution in [2.24, 2.45) is 7.05 Å². The number of pyridine rings is 3. The van der Waals surface area contributed by atoms with Gasteiger partial charge in [0, 0.05) is 36.5 Å². The number of carbonyl (C=O) groups excluding carboxylic acids is 1. The molecule has 10 nitrogen and oxygen atoms in total. The van der Waals surface area contributed by atoms with Crippen LogP contribution in [0.25, 0.3) is 22.3 Å². The van der Waals surface area contributed by atoms with Gasteiger partial charge in [-0.3, -0.25) is 9.48 Å². The van der Waals surface area contributed by atoms with Gasteiger partial charge in [-0.05, 0) is 24.3 Å². The molecule has 1 amide bonds. The first kappa shape index (κ1) is 15.0. The van der Waals surface area contributed by atoms with E-state index in [0.29, 0.717) is 34.1 Å². The number of rotatable bonds is 4. The van der Waals surface area contributed by atoms with Crippen molar-refractivity contribution in [2.75, 3.05) is 50.3 Å². The molecule has 10 heteroatoms. The van der Waals surface area contributed by atoms with Crippen LogP contribution in [0.15, 0.2) is 48.9 Å². The van der Waals surface area contributed by atoms with E-state index < -0.39 is 24.3 Å². The first-order valence-corrected chi connectivity index (χ1v) is 10.4. The van der Waals surface area contributed by atoms with Gasteiger partial charge in [-0.15, -0.1) is 5.10 Å². The van der Waals surface area contributed by atoms with Gasteiger partial charge in [0.1, 0.15) is 17.3 Å². The van der Waals surface area contributed by atoms with Crippen molar-refractivity contribution in [1.29, 1.82) is 0 Å². The monoisotopic (exact) mass is 450 g/mol. The molecule has 168 valence electrons. The van der Waals surface area contributed by atoms with Crippen molar-refractivity contribution in [3.63, 3.8) is 0 Å². The van der Waals surface area contributed by atoms with Crippen LogP contribution in [0.3, 0.4) is 0 Å². The Balaban J connectivity index is 1.32. The highest BCUT2D eigenvalue weighted by Gasteiger charge is 2.25. The third-order valence-corrected chi connectivity index (χ3v) is 5.52. The summed E-state index contributed by atoms with van der Waals surface area (Å²) in [6, 6.07) is 8.50. The van der Waals surface area contributed by atoms with Gasteiger partial charge in [-0.1, -0.05) is 5.21 Å². The summed E-state index contributed by atoms with van der Waals surface area (Å²) in [7, 11) is 1.77. The third kappa shape index (κ3) is 4.51. The van der Waals surface area contributed by atoms with Gasteiger partial charge in [0.25, 0.3) is 5.91 Å². The van der Waals surface area contributed by atoms with Gasteiger partial charge in [-0.25, -0.2) is 15.0 Å². The number of fused-ring (bicyclic) bond motifs is 1. The fraction of sp³-hybridized carbons (Fsp3) is 0.304. The first-order valence-electron chi connectivity index (χ1n) is 13.4. The molecule has 0 unspecified atom stereocenters. The molecular formula is C23H26N9O+. The Morgan fingerprint density at radius 2 is 1.97 bits per heavy atom. The Labute approximate surface area is 199 Å². The molecule has 4 aromatic rings. The molecular weight excluding hydrogens is 418 g/mol. The fourth-order valence-corrected chi connectivity index (χ4v) is 3.65. The molecule has 0 bridgehead atoms. The highest BCUT2D eigenvalue weighted by atomic mass is 16.1. The van der Waals surface area contributed by atoms with Crippen LogP contribution in [0.2, 0.25) is 0 Å². The Morgan fingerprint density at radius 3 is 2.73 bits per heavy atom. The van der Waals surface area contributed by atoms with E-state index in [9.17, 15) is 4.79 Å². The predicted molar refractivity (Wildman–Crippen MR) is 126 cm³/mol. The molecule has 0 atom stereocenters. The minimum Gasteiger partial charge on any atom is -0.345 e. The normalized spacial score (nSPS) is 19.0. The predicted octanol–water partition coefficient (Wildman–Crippen LogP) is 1.97. The van der Waals surface area contributed by atoms with Gasteiger partial charge < -0.3 is 14.7 Å². The molecule has 0 saturated carbocycles. The van der Waals surface area contributed by atoms with Crippen LogP contribution in [-0.2, 0) is 7.05 Å². The molecule has 5 heterocycles. The van der Waals surface area contributed by atoms with Crippen LogP contribution in [0, 0.1) is 0 Å². The average molecular weight is 451 g/mol. The molecule has 1 N–H and O–H groups in total. The summed E-state index contributed by atoms with van der Waals surface area (Å²) in [4.78, 5) is 28.1. The summed E-state index contributed by atoms with van der Waals surface area (Å²) >= 11 is 0. The summed E-state index contributed by atoms with van der Waals surface area (Å²) in [6.07, 6.45) is 4.86. The second-order valence-corrected chi connectivity index (χ2v) is 8.00. The SMILES string of the molecule is [2H]C([2H])([2H])[N+]1(C([2H])([2H])[2H])CCN(c2cc(C(=O)Nc3cc4nc(-c5cn(C)nn5)ccc4cn3)ccn2)CC1. The summed E-state index contributed by atoms with van der Waals surface area (Å²) < 4.78 is 47.7. The number of nitrogens with one attached hydrogen (secondary N) is 1. The zero-order valence-electron chi connectivity index (χ0n) is 23.9. The largest absolute Gasteiger partial charge is 0.345 e. The minimum atomic E-state index is -2.68. The van der Waals surface area contributed by atoms with Crippen LogP contribution in [0.4, 0.5) is 11.6 Å². The number of nitrogens with zero attached hydrogens (tertiary/aromatic N) is 8. The van der Waals surface area contributed by atoms with Crippen LogP contribution in [0.5, 0.6) is 0 Å². The molecule has 1 aliphatic heterocycles. The first-order chi connectivity index (χ1) is 18.4. The molecule has 1 saturated heterocycles. The molecule has 0 spiro atoms. The molecule has 4 aromatic heterocycles. The lowest BCUT2D eigenvalue weighted by Crippen LogP contribution is -2.55. The lowest BCUT2D eigenvalue weighted by Gasteiger charge is -2.39. The van der Waals surface area contributed by atoms with Crippen LogP contribution in [-0.4, -0.2) is 80.5 Å². The van der Waals surface area contributed by atoms with E-state index in [0.717, 1.165) is 5.39 Å². The maximum Gasteiger partial charge on any atom is 0.257 e. The highest BCUT2D eigenvalue weighted by Crippen LogP contribution is 2.21. The van der Waals surface area contributed by atoms with Crippen molar-refractivity contribution >= 4 is 28.4 Å². The van der Waals surface area contributed by atoms with Gasteiger partial charge in [0.2, 0.25) is 0 Å². The van der Waals surface area contributed by atoms with E-state index in [1.165, 1.54) is 6.20 Å². The van der Waals surface area contributed by atoms with Crippen LogP contribution in [0.1, 0.15) is 18.6 Å². The number of amides is 1. The van der Waals surface area contributed by atoms with Gasteiger partial charge in [0.15, 0.2) is 0 Å². The van der Waals surface area contributed by atoms with E-state index in [4.69, 9.17) is 8.22 Å². The summed E-state index contributed by atoms with van der Waals surface area (Å²) in [6.45, 7) is -5.22. The van der Waals surface area contributed by atoms with E-state index in [-0.39, 0.29) is 26.2 Å². The topological polar surface area (TPSA) is 102 Å². The third-order valence-electron chi connectivity index (χ3n) is 5.52. The highest BCUT2D eigenvalue weighted by molar-refractivity contribution is 6.04. The van der Waals surface area contributed by atoms with Crippen molar-refractivity contribution in [3.8, 4) is 11.4 Å². The second-order valence-electron chi connectivity index (χ2n) is 8.00. The number of hydrogen-bond acceptors (Lipinski definition) is 7. The van der Waals surface area contributed by atoms with Crippen molar-refractivity contribution in [2.45, 2.75) is 0 Å². The summed E-state index contributed by atoms with van der Waals surface area (Å²) in [5, 5.41) is 11.6. The zero-order valence-corrected chi connectivity index (χ0v) is 17.9. The molecule has 0 aliphatic carbocycles. The standard InChI is InChI=1S/C23H25N9O/c1-30-15-20(28-29-30)18-5-4-17-14-25-21(13-19(17)26-18)27-23(33)16-6-7-24-22(12-16)31-8-10-32(2,3)11-9-31/h4-7,12-15H,8-11H2,1-3H3/p+1/i2D3,3D3. The van der Waals surface area contributed by atoms with E-state index in [2.05, 4.69) is 30.6 Å². The molecule has 0 radical (unpaired) electrons. The molecule has 1 fully saturated rings. The van der Waals surface area contributed by atoms with Crippen LogP contribution >= 0.6 is 0 Å². The Kier molecular flexibility index (Phi) is 3.74. The van der Waals surface area contributed by atoms with E-state index in [1.54, 1.807) is 47.2 Å². The molecule has 0 aromatic carbocycles. The lowest BCUT2D eigenvalue weighted by atomic mass is 10.2. The Bertz CT molecular complexity index is 1510. The number of hydrogen-bond donors (Lipinski definition) is 1. The smallest absolute Gasteiger partial charge is 0.257 e. The van der Waals surface area contributed by atoms with Crippen molar-refractivity contribution < 1.29 is 17.5 Å². The fourth-order valence-electron chi connectivity index (χ4n) is 3.65. The molecule has 33 heavy (non-hydrogen) atoms. The van der Waals surface area contributed by atoms with E-state index in [1.807, 2.05) is 12.1 Å². The maximum absolute atomic E-state index is 13.1. The second kappa shape index (κ2) is 8.21. The Morgan fingerprint density at radius 1 is 1.12 bits per heavy atom. The Hall–Kier alpha value is -3.92. The molecule has 5 rings (SSSR count). The van der Waals surface area contributed by atoms with E-state index >= 15 is 0 Å². The number of carbonyl (C=O) groups is 1. The maximum atomic E-state index is 13.1. The minimum absolute atomic E-state index is 0.102. The number of anilines is 2. The van der Waals surface area contributed by atoms with Gasteiger partial charge in [-0.2, -0.15) is 0 Å². The quantitative estimate of drug-likeness (QED) is 0.474. The molecule has 1 aliphatic rings. The number of aryl methyl sites for hydroxylation is 1. The van der Waals surface area contributed by atoms with Gasteiger partial charge >= 0.3 is 0 Å². The van der Waals surface area contributed by atoms with Crippen LogP contribution < -0.4 is 10.2 Å². The summed E-state index contributed by atoms with van der Waals surface area (Å²) in [5.74, 6) is 0.353. The van der Waals surface area contributed by atoms with Gasteiger partial charge in [0.05, 0.1) is 65.8 Å². The number of aromatic nitrogens is 6. The summed E-state index contributed by atoms with van der Waals surface area (Å²) in [5.41, 5.74) is 2.20. The number of likely N-dealkylation sites (N-methyl/N-ethyl adjacent to an activating group) is 1. The number of piperazine rings is 1. The zero-order chi connectivity index (χ0) is 28.0.